The molecule has 0 saturated carbocycles. The van der Waals surface area contributed by atoms with Crippen LogP contribution >= 0.6 is 0 Å². The van der Waals surface area contributed by atoms with E-state index in [2.05, 4.69) is 10.2 Å². The highest BCUT2D eigenvalue weighted by atomic mass is 19.1. The second-order valence-corrected chi connectivity index (χ2v) is 5.21. The van der Waals surface area contributed by atoms with Gasteiger partial charge in [0.25, 0.3) is 0 Å². The minimum atomic E-state index is -0.245. The fourth-order valence-electron chi connectivity index (χ4n) is 2.78. The highest BCUT2D eigenvalue weighted by molar-refractivity contribution is 5.32. The van der Waals surface area contributed by atoms with E-state index in [9.17, 15) is 8.78 Å². The molecule has 3 rings (SSSR count). The molecule has 1 aliphatic rings. The summed E-state index contributed by atoms with van der Waals surface area (Å²) in [7, 11) is 0. The zero-order valence-corrected chi connectivity index (χ0v) is 11.7. The normalized spacial score (nSPS) is 16.3. The highest BCUT2D eigenvalue weighted by Gasteiger charge is 2.24. The van der Waals surface area contributed by atoms with Crippen molar-refractivity contribution in [1.29, 1.82) is 0 Å². The first-order valence-corrected chi connectivity index (χ1v) is 7.12. The van der Waals surface area contributed by atoms with Crippen LogP contribution < -0.4 is 5.32 Å². The van der Waals surface area contributed by atoms with E-state index in [1.807, 2.05) is 0 Å². The van der Waals surface area contributed by atoms with Crippen LogP contribution in [-0.2, 0) is 0 Å². The lowest BCUT2D eigenvalue weighted by atomic mass is 9.96. The van der Waals surface area contributed by atoms with Crippen molar-refractivity contribution in [1.82, 2.24) is 10.2 Å². The molecule has 0 aliphatic carbocycles. The Kier molecular flexibility index (Phi) is 4.27. The third kappa shape index (κ3) is 3.28. The van der Waals surface area contributed by atoms with Crippen LogP contribution in [0.25, 0.3) is 0 Å². The van der Waals surface area contributed by atoms with Crippen molar-refractivity contribution in [3.05, 3.63) is 71.3 Å². The molecule has 0 aromatic heterocycles. The summed E-state index contributed by atoms with van der Waals surface area (Å²) in [5, 5.41) is 4.36. The van der Waals surface area contributed by atoms with Gasteiger partial charge in [-0.2, -0.15) is 0 Å². The molecule has 0 atom stereocenters. The molecule has 0 bridgehead atoms. The molecule has 0 unspecified atom stereocenters. The molecule has 0 amide bonds. The number of benzene rings is 2. The van der Waals surface area contributed by atoms with E-state index in [1.165, 1.54) is 24.3 Å². The summed E-state index contributed by atoms with van der Waals surface area (Å²) in [4.78, 5) is 2.31. The van der Waals surface area contributed by atoms with Gasteiger partial charge in [0.1, 0.15) is 11.6 Å². The second-order valence-electron chi connectivity index (χ2n) is 5.21. The lowest BCUT2D eigenvalue weighted by Crippen LogP contribution is -2.42. The topological polar surface area (TPSA) is 17.3 Å². The van der Waals surface area contributed by atoms with Gasteiger partial charge < -0.3 is 0 Å². The lowest BCUT2D eigenvalue weighted by molar-refractivity contribution is 0.196. The summed E-state index contributed by atoms with van der Waals surface area (Å²) in [6.45, 7) is 3.33. The average Bonchev–Trinajstić information content (AvgIpc) is 2.52. The van der Waals surface area contributed by atoms with Crippen molar-refractivity contribution >= 4 is 0 Å². The quantitative estimate of drug-likeness (QED) is 0.848. The first-order valence-electron chi connectivity index (χ1n) is 7.12. The van der Waals surface area contributed by atoms with Gasteiger partial charge in [0.05, 0.1) is 6.04 Å². The molecule has 1 saturated heterocycles. The van der Waals surface area contributed by atoms with Crippen LogP contribution in [0.15, 0.2) is 48.5 Å². The van der Waals surface area contributed by atoms with Gasteiger partial charge in [0.15, 0.2) is 0 Å². The van der Waals surface area contributed by atoms with Gasteiger partial charge in [0.2, 0.25) is 0 Å². The molecule has 4 heteroatoms. The molecule has 2 aromatic rings. The molecular formula is C17H17F2N2. The fraction of sp³-hybridized carbons (Fsp3) is 0.294. The molecule has 109 valence electrons. The van der Waals surface area contributed by atoms with E-state index in [0.717, 1.165) is 37.3 Å². The van der Waals surface area contributed by atoms with Crippen molar-refractivity contribution in [3.8, 4) is 0 Å². The Morgan fingerprint density at radius 2 is 1.19 bits per heavy atom. The smallest absolute Gasteiger partial charge is 0.123 e. The van der Waals surface area contributed by atoms with Crippen molar-refractivity contribution in [2.75, 3.05) is 26.2 Å². The SMILES string of the molecule is Fc1ccc(C(c2ccc(F)cc2)N2CC[N]CC2)cc1. The molecule has 2 nitrogen and oxygen atoms in total. The van der Waals surface area contributed by atoms with Gasteiger partial charge in [-0.05, 0) is 35.4 Å². The van der Waals surface area contributed by atoms with E-state index >= 15 is 0 Å². The summed E-state index contributed by atoms with van der Waals surface area (Å²) < 4.78 is 26.3. The van der Waals surface area contributed by atoms with E-state index in [-0.39, 0.29) is 17.7 Å². The maximum atomic E-state index is 13.2. The van der Waals surface area contributed by atoms with E-state index in [0.29, 0.717) is 0 Å². The standard InChI is InChI=1S/C17H17F2N2/c18-15-5-1-13(2-6-15)17(21-11-9-20-10-12-21)14-3-7-16(19)8-4-14/h1-8,17H,9-12H2. The average molecular weight is 287 g/mol. The van der Waals surface area contributed by atoms with E-state index in [4.69, 9.17) is 0 Å². The van der Waals surface area contributed by atoms with Crippen molar-refractivity contribution in [2.24, 2.45) is 0 Å². The van der Waals surface area contributed by atoms with Gasteiger partial charge >= 0.3 is 0 Å². The van der Waals surface area contributed by atoms with Crippen LogP contribution in [0.4, 0.5) is 8.78 Å². The molecule has 0 spiro atoms. The maximum Gasteiger partial charge on any atom is 0.123 e. The monoisotopic (exact) mass is 287 g/mol. The summed E-state index contributed by atoms with van der Waals surface area (Å²) in [6, 6.07) is 13.1. The minimum absolute atomic E-state index is 0.0155. The van der Waals surface area contributed by atoms with Gasteiger partial charge in [0, 0.05) is 26.2 Å². The first-order chi connectivity index (χ1) is 10.2. The number of hydrogen-bond acceptors (Lipinski definition) is 1. The summed E-state index contributed by atoms with van der Waals surface area (Å²) >= 11 is 0. The number of nitrogens with zero attached hydrogens (tertiary/aromatic N) is 2. The molecule has 1 radical (unpaired) electrons. The van der Waals surface area contributed by atoms with Crippen LogP contribution in [-0.4, -0.2) is 31.1 Å². The van der Waals surface area contributed by atoms with Gasteiger partial charge in [-0.15, -0.1) is 0 Å². The van der Waals surface area contributed by atoms with Crippen molar-refractivity contribution in [3.63, 3.8) is 0 Å². The third-order valence-corrected chi connectivity index (χ3v) is 3.83. The largest absolute Gasteiger partial charge is 0.290 e. The number of rotatable bonds is 3. The van der Waals surface area contributed by atoms with Gasteiger partial charge in [-0.3, -0.25) is 4.90 Å². The molecule has 0 N–H and O–H groups in total. The molecule has 1 aliphatic heterocycles. The Balaban J connectivity index is 1.97. The van der Waals surface area contributed by atoms with E-state index < -0.39 is 0 Å². The van der Waals surface area contributed by atoms with Crippen molar-refractivity contribution < 1.29 is 8.78 Å². The van der Waals surface area contributed by atoms with Crippen LogP contribution in [0.5, 0.6) is 0 Å². The zero-order chi connectivity index (χ0) is 14.7. The molecular weight excluding hydrogens is 270 g/mol. The van der Waals surface area contributed by atoms with Crippen LogP contribution in [0.1, 0.15) is 17.2 Å². The van der Waals surface area contributed by atoms with Crippen LogP contribution in [0, 0.1) is 11.6 Å². The second kappa shape index (κ2) is 6.33. The third-order valence-electron chi connectivity index (χ3n) is 3.83. The predicted octanol–water partition coefficient (Wildman–Crippen LogP) is 2.97. The Bertz CT molecular complexity index is 529. The molecule has 2 aromatic carbocycles. The number of piperazine rings is 1. The molecule has 1 heterocycles. The predicted molar refractivity (Wildman–Crippen MR) is 78.1 cm³/mol. The Hall–Kier alpha value is -1.78. The summed E-state index contributed by atoms with van der Waals surface area (Å²) in [5.41, 5.74) is 2.04. The Morgan fingerprint density at radius 3 is 1.62 bits per heavy atom. The highest BCUT2D eigenvalue weighted by Crippen LogP contribution is 2.29. The zero-order valence-electron chi connectivity index (χ0n) is 11.7. The molecule has 21 heavy (non-hydrogen) atoms. The van der Waals surface area contributed by atoms with E-state index in [1.54, 1.807) is 24.3 Å². The Morgan fingerprint density at radius 1 is 0.762 bits per heavy atom. The van der Waals surface area contributed by atoms with Crippen LogP contribution in [0.3, 0.4) is 0 Å². The number of halogens is 2. The summed E-state index contributed by atoms with van der Waals surface area (Å²) in [5.74, 6) is -0.490. The lowest BCUT2D eigenvalue weighted by Gasteiger charge is -2.35. The van der Waals surface area contributed by atoms with Crippen molar-refractivity contribution in [2.45, 2.75) is 6.04 Å². The fourth-order valence-corrected chi connectivity index (χ4v) is 2.78. The number of hydrogen-bond donors (Lipinski definition) is 0. The van der Waals surface area contributed by atoms with Gasteiger partial charge in [-0.1, -0.05) is 24.3 Å². The maximum absolute atomic E-state index is 13.2. The summed E-state index contributed by atoms with van der Waals surface area (Å²) in [6.07, 6.45) is 0. The minimum Gasteiger partial charge on any atom is -0.290 e. The van der Waals surface area contributed by atoms with Crippen LogP contribution in [0.2, 0.25) is 0 Å². The van der Waals surface area contributed by atoms with Gasteiger partial charge in [-0.25, -0.2) is 14.1 Å². The molecule has 1 fully saturated rings. The Labute approximate surface area is 123 Å². The first kappa shape index (κ1) is 14.2.